The van der Waals surface area contributed by atoms with Gasteiger partial charge < -0.3 is 0 Å². The Labute approximate surface area is 107 Å². The fourth-order valence-corrected chi connectivity index (χ4v) is 3.37. The van der Waals surface area contributed by atoms with Gasteiger partial charge in [0.15, 0.2) is 0 Å². The van der Waals surface area contributed by atoms with Crippen LogP contribution in [0.1, 0.15) is 58.3 Å². The molecule has 0 heteroatoms. The van der Waals surface area contributed by atoms with E-state index in [-0.39, 0.29) is 0 Å². The quantitative estimate of drug-likeness (QED) is 0.574. The second kappa shape index (κ2) is 6.42. The first-order valence-corrected chi connectivity index (χ1v) is 7.58. The van der Waals surface area contributed by atoms with Gasteiger partial charge in [0.1, 0.15) is 0 Å². The summed E-state index contributed by atoms with van der Waals surface area (Å²) in [5.74, 6) is 3.53. The first-order chi connectivity index (χ1) is 8.28. The normalized spacial score (nSPS) is 39.4. The lowest BCUT2D eigenvalue weighted by Crippen LogP contribution is -2.13. The van der Waals surface area contributed by atoms with Crippen LogP contribution in [0.5, 0.6) is 0 Å². The molecule has 0 nitrogen and oxygen atoms in total. The molecule has 2 fully saturated rings. The lowest BCUT2D eigenvalue weighted by molar-refractivity contribution is 0.325. The van der Waals surface area contributed by atoms with Crippen molar-refractivity contribution in [1.29, 1.82) is 0 Å². The summed E-state index contributed by atoms with van der Waals surface area (Å²) in [5.41, 5.74) is 0. The van der Waals surface area contributed by atoms with Crippen molar-refractivity contribution in [3.05, 3.63) is 24.8 Å². The first kappa shape index (κ1) is 12.9. The molecule has 0 bridgehead atoms. The Bertz CT molecular complexity index is 247. The molecule has 2 aliphatic rings. The highest BCUT2D eigenvalue weighted by atomic mass is 14.2. The summed E-state index contributed by atoms with van der Waals surface area (Å²) in [6, 6.07) is 0. The summed E-state index contributed by atoms with van der Waals surface area (Å²) in [6.45, 7) is 6.32. The molecule has 0 amide bonds. The van der Waals surface area contributed by atoms with Crippen LogP contribution in [0.25, 0.3) is 0 Å². The van der Waals surface area contributed by atoms with Gasteiger partial charge in [0.25, 0.3) is 0 Å². The number of allylic oxidation sites excluding steroid dienone is 3. The molecule has 2 saturated carbocycles. The molecular weight excluding hydrogens is 204 g/mol. The smallest absolute Gasteiger partial charge is 0.0233 e. The minimum Gasteiger partial charge on any atom is -0.103 e. The van der Waals surface area contributed by atoms with Crippen molar-refractivity contribution in [1.82, 2.24) is 0 Å². The molecule has 0 heterocycles. The van der Waals surface area contributed by atoms with Gasteiger partial charge in [0.05, 0.1) is 0 Å². The van der Waals surface area contributed by atoms with Crippen LogP contribution in [-0.2, 0) is 0 Å². The molecule has 0 N–H and O–H groups in total. The maximum atomic E-state index is 3.92. The van der Waals surface area contributed by atoms with Gasteiger partial charge in [-0.3, -0.25) is 0 Å². The average Bonchev–Trinajstić information content (AvgIpc) is 2.39. The van der Waals surface area contributed by atoms with E-state index in [1.807, 2.05) is 0 Å². The van der Waals surface area contributed by atoms with Crippen molar-refractivity contribution < 1.29 is 0 Å². The van der Waals surface area contributed by atoms with Crippen LogP contribution in [0, 0.1) is 23.7 Å². The summed E-state index contributed by atoms with van der Waals surface area (Å²) in [7, 11) is 0. The van der Waals surface area contributed by atoms with Crippen molar-refractivity contribution in [2.24, 2.45) is 23.7 Å². The fourth-order valence-electron chi connectivity index (χ4n) is 3.37. The molecule has 0 saturated heterocycles. The SMILES string of the molecule is C=CC1CCC(/C=C/C2CCC(C)CC2)CC1. The first-order valence-electron chi connectivity index (χ1n) is 7.58. The highest BCUT2D eigenvalue weighted by Crippen LogP contribution is 2.32. The van der Waals surface area contributed by atoms with E-state index in [4.69, 9.17) is 0 Å². The molecule has 0 radical (unpaired) electrons. The minimum absolute atomic E-state index is 0.801. The van der Waals surface area contributed by atoms with E-state index in [0.717, 1.165) is 23.7 Å². The van der Waals surface area contributed by atoms with E-state index in [9.17, 15) is 0 Å². The Kier molecular flexibility index (Phi) is 4.88. The van der Waals surface area contributed by atoms with Crippen molar-refractivity contribution in [3.8, 4) is 0 Å². The van der Waals surface area contributed by atoms with E-state index in [0.29, 0.717) is 0 Å². The summed E-state index contributed by atoms with van der Waals surface area (Å²) in [4.78, 5) is 0. The van der Waals surface area contributed by atoms with Gasteiger partial charge in [-0.1, -0.05) is 38.0 Å². The third-order valence-electron chi connectivity index (χ3n) is 4.87. The van der Waals surface area contributed by atoms with Gasteiger partial charge in [-0.25, -0.2) is 0 Å². The third kappa shape index (κ3) is 4.01. The zero-order valence-corrected chi connectivity index (χ0v) is 11.4. The lowest BCUT2D eigenvalue weighted by Gasteiger charge is -2.26. The number of hydrogen-bond acceptors (Lipinski definition) is 0. The highest BCUT2D eigenvalue weighted by Gasteiger charge is 2.19. The predicted molar refractivity (Wildman–Crippen MR) is 75.9 cm³/mol. The third-order valence-corrected chi connectivity index (χ3v) is 4.87. The van der Waals surface area contributed by atoms with Gasteiger partial charge in [0, 0.05) is 0 Å². The van der Waals surface area contributed by atoms with Gasteiger partial charge in [0.2, 0.25) is 0 Å². The largest absolute Gasteiger partial charge is 0.103 e. The zero-order chi connectivity index (χ0) is 12.1. The Morgan fingerprint density at radius 2 is 1.12 bits per heavy atom. The van der Waals surface area contributed by atoms with Gasteiger partial charge in [-0.15, -0.1) is 6.58 Å². The Morgan fingerprint density at radius 1 is 0.706 bits per heavy atom. The predicted octanol–water partition coefficient (Wildman–Crippen LogP) is 5.36. The van der Waals surface area contributed by atoms with Crippen molar-refractivity contribution in [3.63, 3.8) is 0 Å². The molecule has 0 spiro atoms. The second-order valence-corrected chi connectivity index (χ2v) is 6.32. The second-order valence-electron chi connectivity index (χ2n) is 6.32. The lowest BCUT2D eigenvalue weighted by atomic mass is 9.79. The van der Waals surface area contributed by atoms with Crippen LogP contribution in [0.15, 0.2) is 24.8 Å². The monoisotopic (exact) mass is 232 g/mol. The number of rotatable bonds is 3. The maximum Gasteiger partial charge on any atom is -0.0233 e. The van der Waals surface area contributed by atoms with Crippen LogP contribution in [0.3, 0.4) is 0 Å². The van der Waals surface area contributed by atoms with Gasteiger partial charge >= 0.3 is 0 Å². The van der Waals surface area contributed by atoms with Gasteiger partial charge in [-0.05, 0) is 62.2 Å². The summed E-state index contributed by atoms with van der Waals surface area (Å²) in [6.07, 6.45) is 18.5. The Morgan fingerprint density at radius 3 is 1.59 bits per heavy atom. The summed E-state index contributed by atoms with van der Waals surface area (Å²) < 4.78 is 0. The molecule has 0 unspecified atom stereocenters. The molecule has 0 aromatic heterocycles. The Hall–Kier alpha value is -0.520. The Balaban J connectivity index is 1.72. The van der Waals surface area contributed by atoms with Gasteiger partial charge in [-0.2, -0.15) is 0 Å². The number of hydrogen-bond donors (Lipinski definition) is 0. The van der Waals surface area contributed by atoms with E-state index in [2.05, 4.69) is 31.7 Å². The molecule has 0 aromatic carbocycles. The molecule has 17 heavy (non-hydrogen) atoms. The van der Waals surface area contributed by atoms with Crippen molar-refractivity contribution in [2.45, 2.75) is 58.3 Å². The minimum atomic E-state index is 0.801. The maximum absolute atomic E-state index is 3.92. The average molecular weight is 232 g/mol. The molecular formula is C17H28. The highest BCUT2D eigenvalue weighted by molar-refractivity contribution is 4.97. The van der Waals surface area contributed by atoms with Crippen LogP contribution >= 0.6 is 0 Å². The zero-order valence-electron chi connectivity index (χ0n) is 11.4. The fraction of sp³-hybridized carbons (Fsp3) is 0.765. The molecule has 0 aromatic rings. The summed E-state index contributed by atoms with van der Waals surface area (Å²) >= 11 is 0. The van der Waals surface area contributed by atoms with Crippen molar-refractivity contribution in [2.75, 3.05) is 0 Å². The standard InChI is InChI=1S/C17H28/c1-3-15-8-10-17(11-9-15)13-12-16-6-4-14(2)5-7-16/h3,12-17H,1,4-11H2,2H3/b13-12+. The van der Waals surface area contributed by atoms with E-state index >= 15 is 0 Å². The van der Waals surface area contributed by atoms with E-state index < -0.39 is 0 Å². The molecule has 2 aliphatic carbocycles. The van der Waals surface area contributed by atoms with Crippen LogP contribution in [0.2, 0.25) is 0 Å². The van der Waals surface area contributed by atoms with Crippen LogP contribution in [-0.4, -0.2) is 0 Å². The summed E-state index contributed by atoms with van der Waals surface area (Å²) in [5, 5.41) is 0. The van der Waals surface area contributed by atoms with Crippen LogP contribution < -0.4 is 0 Å². The van der Waals surface area contributed by atoms with Crippen LogP contribution in [0.4, 0.5) is 0 Å². The van der Waals surface area contributed by atoms with Crippen molar-refractivity contribution >= 4 is 0 Å². The van der Waals surface area contributed by atoms with E-state index in [1.54, 1.807) is 0 Å². The molecule has 96 valence electrons. The molecule has 2 rings (SSSR count). The molecule has 0 atom stereocenters. The van der Waals surface area contributed by atoms with E-state index in [1.165, 1.54) is 51.4 Å². The topological polar surface area (TPSA) is 0 Å². The molecule has 0 aliphatic heterocycles.